The number of hydrogen-bond acceptors (Lipinski definition) is 33. The molecule has 0 amide bonds. The standard InChI is InChI=1S/C17H18N2O6.C17H18N2O5.C12H18N2O3.C11H16N2O4.C10H18N2O2Si2.C10H18O3.C9H13N3O4.C4H4N2O2/c1-2-11-14(25-16(22)10-6-4-3-5-7-10)13(21)15(24-11)19-9-8-12(20)18-17(19)23;1-2-12-13(24-16(21)11-6-4-3-5-7-11)10-15(23-12)19-9-8-14(20)18-17(19)22;1-4-9-7(2)8(3)11(17-9)14-6-5-10(15)13-12(14)16;1-3-7-6(2)9(15)10(17-7)13-5-4-8(14)12-11(13)16;1-5-15(13)8-9-11-7-6-10(12-9)14-16(2,3)4;1-5-9-6(2)7(3)10(13-9)12-8(4)11;10-7-1-2-12(9(15)11-7)8-3-5(14)6(4-13)16-8;7-3-1-2-5-4(8)6-3/h3-9,11,13-15,21H,2H2,1H3,(H,18,20,23);3-9,12-13,15H,2,10H2,1H3,(H,18,20,22);5-9,11H,4H2,1-3H3,(H,13,15,16);4-7,9-10,15H,3H2,1-2H3,(H,12,14,16);6-7H,5,8H2,1-4H3;6-7,9-10H,5H2,1-4H3;1-2,5-6,8,13-14H,3-4H2,(H2,10,11,15);1-2H,(H2,5,6,7,8)/t11-,13?,14?,15-;12-,13?,15-;7?,8?,9-,11-;6?,7-,9?,10-;;6?,7?,9-,10?;5?,6-,8-;/m0000.00./s1. The fourth-order valence-electron chi connectivity index (χ4n) is 15.2. The first-order chi connectivity index (χ1) is 64.5. The van der Waals surface area contributed by atoms with Crippen LogP contribution in [0, 0.1) is 29.6 Å². The molecule has 0 bridgehead atoms. The highest BCUT2D eigenvalue weighted by molar-refractivity contribution is 6.70. The Kier molecular flexibility index (Phi) is 41.3. The largest absolute Gasteiger partial charge is 0.531 e. The van der Waals surface area contributed by atoms with Crippen molar-refractivity contribution in [1.82, 2.24) is 67.7 Å². The molecule has 11 unspecified atom stereocenters. The van der Waals surface area contributed by atoms with Crippen LogP contribution in [0.5, 0.6) is 5.88 Å². The van der Waals surface area contributed by atoms with Gasteiger partial charge in [0.15, 0.2) is 18.6 Å². The highest BCUT2D eigenvalue weighted by Gasteiger charge is 2.48. The maximum atomic E-state index is 12.3. The molecule has 740 valence electrons. The number of aliphatic hydroxyl groups is 4. The number of benzene rings is 2. The summed E-state index contributed by atoms with van der Waals surface area (Å²) in [5, 5.41) is 39.0. The van der Waals surface area contributed by atoms with Crippen LogP contribution in [0.1, 0.15) is 186 Å². The highest BCUT2D eigenvalue weighted by atomic mass is 28.4. The van der Waals surface area contributed by atoms with Gasteiger partial charge in [0.25, 0.3) is 36.5 Å². The molecule has 12 N–H and O–H groups in total. The molecule has 44 nitrogen and oxygen atoms in total. The topological polar surface area (TPSA) is 613 Å². The van der Waals surface area contributed by atoms with Crippen LogP contribution in [0.25, 0.3) is 0 Å². The minimum absolute atomic E-state index is 0.0381. The Bertz CT molecular complexity index is 5980. The number of nitrogens with one attached hydrogen (secondary N) is 6. The van der Waals surface area contributed by atoms with E-state index in [1.807, 2.05) is 45.7 Å². The lowest BCUT2D eigenvalue weighted by Crippen LogP contribution is -2.39. The van der Waals surface area contributed by atoms with E-state index in [4.69, 9.17) is 57.9 Å². The molecule has 2 aromatic carbocycles. The number of hydrogen-bond donors (Lipinski definition) is 11. The average Bonchev–Trinajstić information content (AvgIpc) is 1.66. The van der Waals surface area contributed by atoms with Gasteiger partial charge < -0.3 is 82.7 Å². The van der Waals surface area contributed by atoms with Crippen molar-refractivity contribution in [2.24, 2.45) is 29.6 Å². The number of H-pyrrole nitrogens is 6. The zero-order valence-electron chi connectivity index (χ0n) is 78.3. The quantitative estimate of drug-likeness (QED) is 0.0267. The SMILES string of the molecule is CC[C@@H]1OC(OC(C)=O)C(C)C1C.CC[C@@H]1O[C@H](n2ccc(=O)[nH]c2=O)C(C)C1C.CC[C@@H]1O[C@H](n2ccc(=O)[nH]c2=O)C(O)C1C.CC[C@@H]1O[C@H](n2ccc(=O)[nH]c2=O)C(O)C1OC(=O)c1ccccc1.CC[C@@H]1O[C@H](n2ccc(=O)[nH]c2=O)CC1OC(=O)c1ccccc1.CC[Si](=O)Cc1nccc(O[Si](C)(C)C)n1.Nc1ccn([C@@H]2CC(O)[C@H](CO)O2)c(=O)n1.O=c1cc[nH]c(=O)[nH]1. The summed E-state index contributed by atoms with van der Waals surface area (Å²) in [6.07, 6.45) is 5.36. The smallest absolute Gasteiger partial charge is 0.351 e. The first kappa shape index (κ1) is 109. The predicted molar refractivity (Wildman–Crippen MR) is 495 cm³/mol. The van der Waals surface area contributed by atoms with Crippen LogP contribution in [0.4, 0.5) is 5.82 Å². The second-order valence-corrected chi connectivity index (χ2v) is 40.3. The molecule has 6 aliphatic heterocycles. The number of aliphatic hydroxyl groups excluding tert-OH is 4. The zero-order valence-corrected chi connectivity index (χ0v) is 80.3. The minimum atomic E-state index is -1.63. The van der Waals surface area contributed by atoms with Gasteiger partial charge in [-0.25, -0.2) is 43.3 Å². The van der Waals surface area contributed by atoms with Gasteiger partial charge >= 0.3 is 52.0 Å². The van der Waals surface area contributed by atoms with E-state index in [-0.39, 0.29) is 84.7 Å². The first-order valence-electron chi connectivity index (χ1n) is 44.7. The van der Waals surface area contributed by atoms with Crippen LogP contribution in [0.15, 0.2) is 199 Å². The van der Waals surface area contributed by atoms with E-state index in [0.717, 1.165) is 29.9 Å². The molecule has 136 heavy (non-hydrogen) atoms. The van der Waals surface area contributed by atoms with Crippen LogP contribution < -0.4 is 72.1 Å². The van der Waals surface area contributed by atoms with Gasteiger partial charge in [0.1, 0.15) is 54.7 Å². The summed E-state index contributed by atoms with van der Waals surface area (Å²) in [6.45, 7) is 29.5. The second kappa shape index (κ2) is 51.5. The number of esters is 3. The Labute approximate surface area is 781 Å². The first-order valence-corrected chi connectivity index (χ1v) is 50.0. The van der Waals surface area contributed by atoms with E-state index in [1.165, 1.54) is 92.7 Å². The fraction of sp³-hybridized carbons (Fsp3) is 0.522. The van der Waals surface area contributed by atoms with Crippen molar-refractivity contribution in [3.63, 3.8) is 0 Å². The number of rotatable bonds is 21. The van der Waals surface area contributed by atoms with Gasteiger partial charge in [-0.05, 0) is 100.0 Å². The van der Waals surface area contributed by atoms with E-state index in [9.17, 15) is 86.9 Å². The Balaban J connectivity index is 0.000000194. The Morgan fingerprint density at radius 2 is 0.934 bits per heavy atom. The Hall–Kier alpha value is -12.4. The number of nitrogens with zero attached hydrogens (tertiary/aromatic N) is 8. The lowest BCUT2D eigenvalue weighted by molar-refractivity contribution is -0.178. The number of ether oxygens (including phenoxy) is 9. The molecule has 0 radical (unpaired) electrons. The van der Waals surface area contributed by atoms with E-state index in [1.54, 1.807) is 66.9 Å². The van der Waals surface area contributed by atoms with Crippen LogP contribution in [0.3, 0.4) is 0 Å². The van der Waals surface area contributed by atoms with E-state index in [0.29, 0.717) is 71.9 Å². The van der Waals surface area contributed by atoms with Gasteiger partial charge in [0.2, 0.25) is 20.5 Å². The molecular formula is C90H123N15O29Si2. The molecular weight excluding hydrogens is 1810 g/mol. The summed E-state index contributed by atoms with van der Waals surface area (Å²) in [5.41, 5.74) is 0.721. The van der Waals surface area contributed by atoms with Crippen molar-refractivity contribution in [2.75, 3.05) is 12.3 Å². The van der Waals surface area contributed by atoms with Crippen molar-refractivity contribution in [3.8, 4) is 5.88 Å². The lowest BCUT2D eigenvalue weighted by atomic mass is 9.91. The van der Waals surface area contributed by atoms with E-state index in [2.05, 4.69) is 101 Å². The van der Waals surface area contributed by atoms with Crippen molar-refractivity contribution in [3.05, 3.63) is 278 Å². The van der Waals surface area contributed by atoms with Crippen molar-refractivity contribution >= 4 is 40.7 Å². The Morgan fingerprint density at radius 3 is 1.38 bits per heavy atom. The third kappa shape index (κ3) is 30.8. The summed E-state index contributed by atoms with van der Waals surface area (Å²) in [6, 6.07) is 27.8. The molecule has 9 aromatic rings. The average molecular weight is 1940 g/mol. The van der Waals surface area contributed by atoms with Crippen LogP contribution in [-0.4, -0.2) is 203 Å². The highest BCUT2D eigenvalue weighted by Crippen LogP contribution is 2.41. The number of carbonyl (C=O) groups is 3. The van der Waals surface area contributed by atoms with E-state index < -0.39 is 147 Å². The third-order valence-electron chi connectivity index (χ3n) is 23.0. The zero-order chi connectivity index (χ0) is 100. The predicted octanol–water partition coefficient (Wildman–Crippen LogP) is 4.55. The van der Waals surface area contributed by atoms with Gasteiger partial charge in [-0.1, -0.05) is 113 Å². The third-order valence-corrected chi connectivity index (χ3v) is 25.3. The van der Waals surface area contributed by atoms with Crippen LogP contribution >= 0.6 is 0 Å². The summed E-state index contributed by atoms with van der Waals surface area (Å²) in [4.78, 5) is 183. The molecule has 7 aromatic heterocycles. The number of nitrogen functional groups attached to an aromatic ring is 1. The number of aromatic amines is 6. The summed E-state index contributed by atoms with van der Waals surface area (Å²) in [7, 11) is -3.19. The number of carbonyl (C=O) groups excluding carboxylic acids is 3. The molecule has 46 heteroatoms. The monoisotopic (exact) mass is 1930 g/mol. The van der Waals surface area contributed by atoms with Crippen molar-refractivity contribution < 1.29 is 86.3 Å². The van der Waals surface area contributed by atoms with Gasteiger partial charge in [-0.3, -0.25) is 76.5 Å². The molecule has 6 aliphatic rings. The lowest BCUT2D eigenvalue weighted by Gasteiger charge is -2.20. The fourth-order valence-corrected chi connectivity index (χ4v) is 16.7. The molecule has 0 aliphatic carbocycles. The molecule has 15 rings (SSSR count). The maximum Gasteiger partial charge on any atom is 0.351 e. The molecule has 6 fully saturated rings. The summed E-state index contributed by atoms with van der Waals surface area (Å²) >= 11 is 0. The van der Waals surface area contributed by atoms with Crippen molar-refractivity contribution in [1.29, 1.82) is 0 Å². The molecule has 22 atom stereocenters. The Morgan fingerprint density at radius 1 is 0.485 bits per heavy atom. The van der Waals surface area contributed by atoms with Gasteiger partial charge in [0.05, 0.1) is 60.4 Å². The molecule has 0 spiro atoms. The van der Waals surface area contributed by atoms with Gasteiger partial charge in [-0.2, -0.15) is 9.97 Å². The molecule has 0 saturated carbocycles. The van der Waals surface area contributed by atoms with Gasteiger partial charge in [0, 0.05) is 117 Å². The molecule has 13 heterocycles. The summed E-state index contributed by atoms with van der Waals surface area (Å²) in [5.74, 6) is 1.49. The van der Waals surface area contributed by atoms with E-state index >= 15 is 0 Å². The number of aromatic nitrogens is 14. The minimum Gasteiger partial charge on any atom is -0.531 e. The molecule has 6 saturated heterocycles. The normalized spacial score (nSPS) is 26.1. The number of nitrogens with two attached hydrogens (primary N) is 1. The maximum absolute atomic E-state index is 12.3. The second-order valence-electron chi connectivity index (χ2n) is 33.7. The van der Waals surface area contributed by atoms with Crippen LogP contribution in [0.2, 0.25) is 25.7 Å². The van der Waals surface area contributed by atoms with Crippen molar-refractivity contribution in [2.45, 2.75) is 264 Å². The van der Waals surface area contributed by atoms with Crippen LogP contribution in [-0.2, 0) is 57.9 Å². The number of anilines is 1. The summed E-state index contributed by atoms with van der Waals surface area (Å²) < 4.78 is 73.5. The van der Waals surface area contributed by atoms with Gasteiger partial charge in [-0.15, -0.1) is 0 Å².